The Morgan fingerprint density at radius 3 is 2.63 bits per heavy atom. The number of amides is 1. The van der Waals surface area contributed by atoms with Gasteiger partial charge in [0, 0.05) is 11.2 Å². The standard InChI is InChI=1S/C16H24N2O/c1-12(2)13-7-5-6-8-14(13)18-15(19)11-17-10-9-16(18,3)4/h5-8,12,17H,9-11H2,1-4H3. The van der Waals surface area contributed by atoms with Gasteiger partial charge in [-0.2, -0.15) is 0 Å². The molecule has 0 radical (unpaired) electrons. The van der Waals surface area contributed by atoms with Crippen molar-refractivity contribution in [1.29, 1.82) is 0 Å². The van der Waals surface area contributed by atoms with Gasteiger partial charge in [-0.05, 0) is 44.4 Å². The Bertz CT molecular complexity index is 466. The minimum Gasteiger partial charge on any atom is -0.308 e. The third-order valence-electron chi connectivity index (χ3n) is 3.84. The smallest absolute Gasteiger partial charge is 0.241 e. The van der Waals surface area contributed by atoms with Gasteiger partial charge < -0.3 is 10.2 Å². The van der Waals surface area contributed by atoms with Crippen LogP contribution in [0.2, 0.25) is 0 Å². The molecule has 2 rings (SSSR count). The van der Waals surface area contributed by atoms with Crippen molar-refractivity contribution in [1.82, 2.24) is 5.32 Å². The van der Waals surface area contributed by atoms with E-state index in [2.05, 4.69) is 45.1 Å². The van der Waals surface area contributed by atoms with Crippen LogP contribution in [0.4, 0.5) is 5.69 Å². The lowest BCUT2D eigenvalue weighted by Gasteiger charge is -2.38. The lowest BCUT2D eigenvalue weighted by Crippen LogP contribution is -2.48. The predicted octanol–water partition coefficient (Wildman–Crippen LogP) is 2.91. The molecular formula is C16H24N2O. The molecular weight excluding hydrogens is 236 g/mol. The van der Waals surface area contributed by atoms with Crippen LogP contribution in [-0.2, 0) is 4.79 Å². The Balaban J connectivity index is 2.50. The van der Waals surface area contributed by atoms with E-state index in [1.54, 1.807) is 0 Å². The maximum atomic E-state index is 12.5. The Morgan fingerprint density at radius 2 is 1.95 bits per heavy atom. The van der Waals surface area contributed by atoms with Gasteiger partial charge in [0.1, 0.15) is 0 Å². The zero-order valence-electron chi connectivity index (χ0n) is 12.4. The minimum atomic E-state index is -0.147. The van der Waals surface area contributed by atoms with Crippen LogP contribution >= 0.6 is 0 Å². The van der Waals surface area contributed by atoms with E-state index in [0.717, 1.165) is 18.7 Å². The zero-order chi connectivity index (χ0) is 14.0. The Morgan fingerprint density at radius 1 is 1.26 bits per heavy atom. The van der Waals surface area contributed by atoms with Crippen molar-refractivity contribution in [2.45, 2.75) is 45.6 Å². The van der Waals surface area contributed by atoms with Crippen molar-refractivity contribution < 1.29 is 4.79 Å². The van der Waals surface area contributed by atoms with E-state index < -0.39 is 0 Å². The van der Waals surface area contributed by atoms with Gasteiger partial charge in [-0.25, -0.2) is 0 Å². The maximum absolute atomic E-state index is 12.5. The first-order valence-electron chi connectivity index (χ1n) is 7.06. The highest BCUT2D eigenvalue weighted by Gasteiger charge is 2.35. The van der Waals surface area contributed by atoms with Crippen molar-refractivity contribution in [3.8, 4) is 0 Å². The summed E-state index contributed by atoms with van der Waals surface area (Å²) in [6.07, 6.45) is 0.963. The highest BCUT2D eigenvalue weighted by Crippen LogP contribution is 2.34. The quantitative estimate of drug-likeness (QED) is 0.886. The number of benzene rings is 1. The molecule has 1 N–H and O–H groups in total. The predicted molar refractivity (Wildman–Crippen MR) is 79.6 cm³/mol. The molecule has 3 nitrogen and oxygen atoms in total. The Hall–Kier alpha value is -1.35. The van der Waals surface area contributed by atoms with Gasteiger partial charge in [-0.1, -0.05) is 32.0 Å². The summed E-state index contributed by atoms with van der Waals surface area (Å²) >= 11 is 0. The normalized spacial score (nSPS) is 19.6. The average molecular weight is 260 g/mol. The molecule has 104 valence electrons. The van der Waals surface area contributed by atoms with Gasteiger partial charge in [-0.3, -0.25) is 4.79 Å². The molecule has 1 aliphatic rings. The third kappa shape index (κ3) is 2.81. The molecule has 0 unspecified atom stereocenters. The van der Waals surface area contributed by atoms with Crippen molar-refractivity contribution >= 4 is 11.6 Å². The fraction of sp³-hybridized carbons (Fsp3) is 0.562. The molecule has 1 aliphatic heterocycles. The van der Waals surface area contributed by atoms with Gasteiger partial charge in [0.25, 0.3) is 0 Å². The van der Waals surface area contributed by atoms with E-state index in [1.807, 2.05) is 17.0 Å². The number of carbonyl (C=O) groups excluding carboxylic acids is 1. The van der Waals surface area contributed by atoms with Gasteiger partial charge in [0.05, 0.1) is 6.54 Å². The van der Waals surface area contributed by atoms with E-state index in [0.29, 0.717) is 12.5 Å². The lowest BCUT2D eigenvalue weighted by atomic mass is 9.94. The number of nitrogens with zero attached hydrogens (tertiary/aromatic N) is 1. The fourth-order valence-electron chi connectivity index (χ4n) is 2.76. The summed E-state index contributed by atoms with van der Waals surface area (Å²) in [5.41, 5.74) is 2.16. The van der Waals surface area contributed by atoms with E-state index in [4.69, 9.17) is 0 Å². The van der Waals surface area contributed by atoms with Crippen LogP contribution in [0.5, 0.6) is 0 Å². The highest BCUT2D eigenvalue weighted by molar-refractivity contribution is 5.97. The molecule has 19 heavy (non-hydrogen) atoms. The molecule has 3 heteroatoms. The average Bonchev–Trinajstić information content (AvgIpc) is 2.47. The molecule has 0 aliphatic carbocycles. The molecule has 0 spiro atoms. The van der Waals surface area contributed by atoms with Crippen LogP contribution in [0.25, 0.3) is 0 Å². The second-order valence-electron chi connectivity index (χ2n) is 6.18. The van der Waals surface area contributed by atoms with E-state index in [9.17, 15) is 4.79 Å². The monoisotopic (exact) mass is 260 g/mol. The number of hydrogen-bond donors (Lipinski definition) is 1. The Labute approximate surface area is 116 Å². The molecule has 1 fully saturated rings. The maximum Gasteiger partial charge on any atom is 0.241 e. The van der Waals surface area contributed by atoms with Crippen molar-refractivity contribution in [2.75, 3.05) is 18.0 Å². The van der Waals surface area contributed by atoms with Crippen LogP contribution < -0.4 is 10.2 Å². The van der Waals surface area contributed by atoms with Gasteiger partial charge >= 0.3 is 0 Å². The minimum absolute atomic E-state index is 0.147. The highest BCUT2D eigenvalue weighted by atomic mass is 16.2. The fourth-order valence-corrected chi connectivity index (χ4v) is 2.76. The molecule has 1 aromatic rings. The number of para-hydroxylation sites is 1. The molecule has 0 aromatic heterocycles. The van der Waals surface area contributed by atoms with Crippen LogP contribution in [0.1, 0.15) is 45.6 Å². The topological polar surface area (TPSA) is 32.3 Å². The lowest BCUT2D eigenvalue weighted by molar-refractivity contribution is -0.118. The molecule has 1 saturated heterocycles. The van der Waals surface area contributed by atoms with Crippen molar-refractivity contribution in [3.63, 3.8) is 0 Å². The van der Waals surface area contributed by atoms with E-state index >= 15 is 0 Å². The molecule has 1 aromatic carbocycles. The molecule has 1 heterocycles. The summed E-state index contributed by atoms with van der Waals surface area (Å²) in [5.74, 6) is 0.576. The summed E-state index contributed by atoms with van der Waals surface area (Å²) in [5, 5.41) is 3.21. The van der Waals surface area contributed by atoms with E-state index in [-0.39, 0.29) is 11.4 Å². The largest absolute Gasteiger partial charge is 0.308 e. The number of carbonyl (C=O) groups is 1. The first kappa shape index (κ1) is 14.1. The van der Waals surface area contributed by atoms with Crippen LogP contribution in [-0.4, -0.2) is 24.5 Å². The summed E-state index contributed by atoms with van der Waals surface area (Å²) in [7, 11) is 0. The summed E-state index contributed by atoms with van der Waals surface area (Å²) < 4.78 is 0. The van der Waals surface area contributed by atoms with Gasteiger partial charge in [-0.15, -0.1) is 0 Å². The number of anilines is 1. The Kier molecular flexibility index (Phi) is 3.95. The molecule has 1 amide bonds. The zero-order valence-corrected chi connectivity index (χ0v) is 12.4. The molecule has 0 atom stereocenters. The van der Waals surface area contributed by atoms with Gasteiger partial charge in [0.15, 0.2) is 0 Å². The van der Waals surface area contributed by atoms with Crippen molar-refractivity contribution in [3.05, 3.63) is 29.8 Å². The summed E-state index contributed by atoms with van der Waals surface area (Å²) in [6, 6.07) is 8.26. The molecule has 0 bridgehead atoms. The van der Waals surface area contributed by atoms with Crippen LogP contribution in [0.3, 0.4) is 0 Å². The second-order valence-corrected chi connectivity index (χ2v) is 6.18. The second kappa shape index (κ2) is 5.33. The molecule has 0 saturated carbocycles. The van der Waals surface area contributed by atoms with Crippen LogP contribution in [0, 0.1) is 0 Å². The first-order valence-corrected chi connectivity index (χ1v) is 7.06. The third-order valence-corrected chi connectivity index (χ3v) is 3.84. The summed E-state index contributed by atoms with van der Waals surface area (Å²) in [4.78, 5) is 14.5. The summed E-state index contributed by atoms with van der Waals surface area (Å²) in [6.45, 7) is 9.96. The first-order chi connectivity index (χ1) is 8.93. The number of nitrogens with one attached hydrogen (secondary N) is 1. The SMILES string of the molecule is CC(C)c1ccccc1N1C(=O)CNCCC1(C)C. The number of hydrogen-bond acceptors (Lipinski definition) is 2. The van der Waals surface area contributed by atoms with Gasteiger partial charge in [0.2, 0.25) is 5.91 Å². The number of rotatable bonds is 2. The van der Waals surface area contributed by atoms with Crippen LogP contribution in [0.15, 0.2) is 24.3 Å². The van der Waals surface area contributed by atoms with E-state index in [1.165, 1.54) is 5.56 Å². The van der Waals surface area contributed by atoms with Crippen molar-refractivity contribution in [2.24, 2.45) is 0 Å².